The van der Waals surface area contributed by atoms with Crippen LogP contribution in [0.3, 0.4) is 0 Å². The minimum Gasteiger partial charge on any atom is -0.383 e. The van der Waals surface area contributed by atoms with Gasteiger partial charge >= 0.3 is 0 Å². The molecule has 19 heavy (non-hydrogen) atoms. The van der Waals surface area contributed by atoms with Crippen molar-refractivity contribution in [2.75, 3.05) is 17.2 Å². The molecule has 0 spiro atoms. The molecule has 0 atom stereocenters. The summed E-state index contributed by atoms with van der Waals surface area (Å²) in [5.41, 5.74) is 8.39. The van der Waals surface area contributed by atoms with Crippen LogP contribution < -0.4 is 10.6 Å². The predicted octanol–water partition coefficient (Wildman–Crippen LogP) is 1.97. The van der Waals surface area contributed by atoms with E-state index in [2.05, 4.69) is 16.3 Å². The molecule has 0 aliphatic carbocycles. The fourth-order valence-corrected chi connectivity index (χ4v) is 2.51. The maximum atomic E-state index is 12.6. The van der Waals surface area contributed by atoms with Gasteiger partial charge in [0.25, 0.3) is 5.91 Å². The van der Waals surface area contributed by atoms with Crippen LogP contribution in [-0.4, -0.2) is 22.6 Å². The zero-order chi connectivity index (χ0) is 13.2. The Labute approximate surface area is 111 Å². The summed E-state index contributed by atoms with van der Waals surface area (Å²) in [5, 5.41) is 6.43. The highest BCUT2D eigenvalue weighted by molar-refractivity contribution is 6.09. The van der Waals surface area contributed by atoms with E-state index in [1.54, 1.807) is 0 Å². The minimum absolute atomic E-state index is 0.0828. The van der Waals surface area contributed by atoms with Crippen LogP contribution in [0.5, 0.6) is 0 Å². The maximum absolute atomic E-state index is 12.6. The molecule has 0 saturated heterocycles. The Morgan fingerprint density at radius 2 is 2.16 bits per heavy atom. The van der Waals surface area contributed by atoms with E-state index in [0.717, 1.165) is 31.5 Å². The number of benzene rings is 1. The number of amides is 1. The van der Waals surface area contributed by atoms with Gasteiger partial charge in [0.2, 0.25) is 0 Å². The molecule has 0 saturated carbocycles. The zero-order valence-electron chi connectivity index (χ0n) is 10.6. The van der Waals surface area contributed by atoms with E-state index in [1.165, 1.54) is 11.8 Å². The predicted molar refractivity (Wildman–Crippen MR) is 74.1 cm³/mol. The molecular formula is C14H16N4O. The second-order valence-electron chi connectivity index (χ2n) is 4.74. The van der Waals surface area contributed by atoms with Crippen molar-refractivity contribution in [3.05, 3.63) is 41.6 Å². The Morgan fingerprint density at radius 1 is 1.32 bits per heavy atom. The van der Waals surface area contributed by atoms with Gasteiger partial charge in [0.1, 0.15) is 11.4 Å². The number of nitrogens with one attached hydrogen (secondary N) is 1. The van der Waals surface area contributed by atoms with E-state index in [1.807, 2.05) is 23.1 Å². The molecule has 0 radical (unpaired) electrons. The third-order valence-corrected chi connectivity index (χ3v) is 3.50. The first-order valence-electron chi connectivity index (χ1n) is 6.46. The van der Waals surface area contributed by atoms with Gasteiger partial charge < -0.3 is 10.6 Å². The van der Waals surface area contributed by atoms with Crippen LogP contribution in [0.25, 0.3) is 0 Å². The molecule has 1 aromatic carbocycles. The lowest BCUT2D eigenvalue weighted by Gasteiger charge is -2.22. The van der Waals surface area contributed by atoms with Crippen LogP contribution >= 0.6 is 0 Å². The molecule has 3 rings (SSSR count). The van der Waals surface area contributed by atoms with Gasteiger partial charge in [0.15, 0.2) is 0 Å². The Morgan fingerprint density at radius 3 is 2.95 bits per heavy atom. The number of nitrogens with zero attached hydrogens (tertiary/aromatic N) is 2. The number of carbonyl (C=O) groups is 1. The number of H-pyrrole nitrogens is 1. The van der Waals surface area contributed by atoms with E-state index in [-0.39, 0.29) is 5.91 Å². The average molecular weight is 256 g/mol. The maximum Gasteiger partial charge on any atom is 0.263 e. The van der Waals surface area contributed by atoms with Crippen LogP contribution in [-0.2, 0) is 6.42 Å². The number of carbonyl (C=O) groups excluding carboxylic acids is 1. The zero-order valence-corrected chi connectivity index (χ0v) is 10.6. The Balaban J connectivity index is 2.01. The van der Waals surface area contributed by atoms with E-state index < -0.39 is 0 Å². The summed E-state index contributed by atoms with van der Waals surface area (Å²) in [5.74, 6) is 0.243. The van der Waals surface area contributed by atoms with Crippen molar-refractivity contribution in [3.8, 4) is 0 Å². The molecule has 98 valence electrons. The number of nitrogens with two attached hydrogens (primary N) is 1. The number of aromatic nitrogens is 2. The van der Waals surface area contributed by atoms with Crippen molar-refractivity contribution in [2.45, 2.75) is 19.3 Å². The first kappa shape index (κ1) is 11.8. The number of aromatic amines is 1. The average Bonchev–Trinajstić information content (AvgIpc) is 2.74. The Hall–Kier alpha value is -2.30. The van der Waals surface area contributed by atoms with Crippen LogP contribution in [0.15, 0.2) is 30.5 Å². The molecule has 1 aromatic heterocycles. The van der Waals surface area contributed by atoms with Gasteiger partial charge in [0.05, 0.1) is 6.20 Å². The lowest BCUT2D eigenvalue weighted by molar-refractivity contribution is 0.0988. The van der Waals surface area contributed by atoms with Crippen molar-refractivity contribution in [1.82, 2.24) is 10.2 Å². The standard InChI is InChI=1S/C14H16N4O/c15-13-11(9-16-17-13)14(19)18-8-4-3-6-10-5-1-2-7-12(10)18/h1-2,5,7,9H,3-4,6,8H2,(H3,15,16,17). The third-order valence-electron chi connectivity index (χ3n) is 3.50. The van der Waals surface area contributed by atoms with E-state index in [4.69, 9.17) is 5.73 Å². The molecular weight excluding hydrogens is 240 g/mol. The second-order valence-corrected chi connectivity index (χ2v) is 4.74. The number of hydrogen-bond donors (Lipinski definition) is 2. The van der Waals surface area contributed by atoms with Crippen molar-refractivity contribution >= 4 is 17.4 Å². The molecule has 0 fully saturated rings. The molecule has 3 N–H and O–H groups in total. The molecule has 2 aromatic rings. The van der Waals surface area contributed by atoms with E-state index >= 15 is 0 Å². The molecule has 1 aliphatic rings. The van der Waals surface area contributed by atoms with Crippen molar-refractivity contribution in [2.24, 2.45) is 0 Å². The van der Waals surface area contributed by atoms with Crippen LogP contribution in [0.2, 0.25) is 0 Å². The number of rotatable bonds is 1. The quantitative estimate of drug-likeness (QED) is 0.819. The fraction of sp³-hybridized carbons (Fsp3) is 0.286. The SMILES string of the molecule is Nc1[nH]ncc1C(=O)N1CCCCc2ccccc21. The highest BCUT2D eigenvalue weighted by Gasteiger charge is 2.24. The van der Waals surface area contributed by atoms with Gasteiger partial charge in [-0.2, -0.15) is 5.10 Å². The highest BCUT2D eigenvalue weighted by atomic mass is 16.2. The topological polar surface area (TPSA) is 75.0 Å². The van der Waals surface area contributed by atoms with Crippen molar-refractivity contribution in [3.63, 3.8) is 0 Å². The van der Waals surface area contributed by atoms with Crippen molar-refractivity contribution < 1.29 is 4.79 Å². The van der Waals surface area contributed by atoms with Gasteiger partial charge in [-0.3, -0.25) is 9.89 Å². The number of anilines is 2. The summed E-state index contributed by atoms with van der Waals surface area (Å²) in [6.07, 6.45) is 4.60. The first-order valence-corrected chi connectivity index (χ1v) is 6.46. The summed E-state index contributed by atoms with van der Waals surface area (Å²) in [6, 6.07) is 8.05. The summed E-state index contributed by atoms with van der Waals surface area (Å²) in [6.45, 7) is 0.723. The van der Waals surface area contributed by atoms with E-state index in [9.17, 15) is 4.79 Å². The molecule has 2 heterocycles. The van der Waals surface area contributed by atoms with Gasteiger partial charge in [-0.05, 0) is 30.9 Å². The Bertz CT molecular complexity index is 605. The van der Waals surface area contributed by atoms with Gasteiger partial charge in [-0.25, -0.2) is 0 Å². The van der Waals surface area contributed by atoms with E-state index in [0.29, 0.717) is 11.4 Å². The summed E-state index contributed by atoms with van der Waals surface area (Å²) >= 11 is 0. The number of nitrogen functional groups attached to an aromatic ring is 1. The molecule has 1 aliphatic heterocycles. The number of fused-ring (bicyclic) bond motifs is 1. The molecule has 5 nitrogen and oxygen atoms in total. The summed E-state index contributed by atoms with van der Waals surface area (Å²) < 4.78 is 0. The van der Waals surface area contributed by atoms with Crippen LogP contribution in [0.4, 0.5) is 11.5 Å². The lowest BCUT2D eigenvalue weighted by Crippen LogP contribution is -2.32. The normalized spacial score (nSPS) is 14.8. The highest BCUT2D eigenvalue weighted by Crippen LogP contribution is 2.28. The number of aryl methyl sites for hydroxylation is 1. The monoisotopic (exact) mass is 256 g/mol. The largest absolute Gasteiger partial charge is 0.383 e. The minimum atomic E-state index is -0.0828. The first-order chi connectivity index (χ1) is 9.27. The van der Waals surface area contributed by atoms with Gasteiger partial charge in [-0.1, -0.05) is 18.2 Å². The third kappa shape index (κ3) is 2.07. The smallest absolute Gasteiger partial charge is 0.263 e. The van der Waals surface area contributed by atoms with Gasteiger partial charge in [0, 0.05) is 12.2 Å². The van der Waals surface area contributed by atoms with Crippen LogP contribution in [0.1, 0.15) is 28.8 Å². The van der Waals surface area contributed by atoms with Crippen LogP contribution in [0, 0.1) is 0 Å². The summed E-state index contributed by atoms with van der Waals surface area (Å²) in [4.78, 5) is 14.4. The molecule has 5 heteroatoms. The van der Waals surface area contributed by atoms with Crippen molar-refractivity contribution in [1.29, 1.82) is 0 Å². The van der Waals surface area contributed by atoms with Gasteiger partial charge in [-0.15, -0.1) is 0 Å². The lowest BCUT2D eigenvalue weighted by atomic mass is 10.1. The number of hydrogen-bond acceptors (Lipinski definition) is 3. The molecule has 1 amide bonds. The Kier molecular flexibility index (Phi) is 2.95. The molecule has 0 bridgehead atoms. The number of para-hydroxylation sites is 1. The summed E-state index contributed by atoms with van der Waals surface area (Å²) in [7, 11) is 0. The molecule has 0 unspecified atom stereocenters. The fourth-order valence-electron chi connectivity index (χ4n) is 2.51. The second kappa shape index (κ2) is 4.76.